The Morgan fingerprint density at radius 3 is 2.42 bits per heavy atom. The van der Waals surface area contributed by atoms with E-state index in [1.807, 2.05) is 18.2 Å². The molecule has 160 valence electrons. The Labute approximate surface area is 182 Å². The normalized spacial score (nSPS) is 11.1. The first-order valence-corrected chi connectivity index (χ1v) is 10.9. The Bertz CT molecular complexity index is 1150. The van der Waals surface area contributed by atoms with Crippen LogP contribution in [-0.2, 0) is 19.3 Å². The van der Waals surface area contributed by atoms with Gasteiger partial charge in [-0.1, -0.05) is 26.3 Å². The lowest BCUT2D eigenvalue weighted by molar-refractivity contribution is 0.316. The van der Waals surface area contributed by atoms with Crippen LogP contribution in [0.25, 0.3) is 10.9 Å². The fourth-order valence-corrected chi connectivity index (χ4v) is 3.73. The van der Waals surface area contributed by atoms with Crippen molar-refractivity contribution in [3.8, 4) is 17.2 Å². The van der Waals surface area contributed by atoms with Crippen molar-refractivity contribution in [1.29, 1.82) is 0 Å². The van der Waals surface area contributed by atoms with Gasteiger partial charge in [0.2, 0.25) is 0 Å². The van der Waals surface area contributed by atoms with Gasteiger partial charge in [-0.05, 0) is 90.0 Å². The number of H-pyrrole nitrogens is 1. The van der Waals surface area contributed by atoms with E-state index in [4.69, 9.17) is 9.47 Å². The van der Waals surface area contributed by atoms with Crippen LogP contribution in [0, 0.1) is 5.82 Å². The molecule has 3 aromatic carbocycles. The van der Waals surface area contributed by atoms with Gasteiger partial charge in [-0.25, -0.2) is 4.39 Å². The number of fused-ring (bicyclic) bond motifs is 1. The third-order valence-electron chi connectivity index (χ3n) is 5.38. The third-order valence-corrected chi connectivity index (χ3v) is 5.38. The summed E-state index contributed by atoms with van der Waals surface area (Å²) in [6, 6.07) is 20.7. The van der Waals surface area contributed by atoms with Crippen molar-refractivity contribution in [2.75, 3.05) is 6.61 Å². The molecule has 4 heteroatoms. The lowest BCUT2D eigenvalue weighted by atomic mass is 10.1. The van der Waals surface area contributed by atoms with Gasteiger partial charge in [-0.15, -0.1) is 0 Å². The summed E-state index contributed by atoms with van der Waals surface area (Å²) in [5.74, 6) is 1.95. The van der Waals surface area contributed by atoms with E-state index in [9.17, 15) is 4.39 Å². The molecule has 0 saturated heterocycles. The zero-order chi connectivity index (χ0) is 21.6. The number of aromatic amines is 1. The number of hydrogen-bond acceptors (Lipinski definition) is 2. The molecule has 4 rings (SSSR count). The van der Waals surface area contributed by atoms with Gasteiger partial charge < -0.3 is 14.5 Å². The van der Waals surface area contributed by atoms with E-state index in [1.165, 1.54) is 34.3 Å². The van der Waals surface area contributed by atoms with Crippen LogP contribution >= 0.6 is 0 Å². The van der Waals surface area contributed by atoms with E-state index in [-0.39, 0.29) is 5.82 Å². The highest BCUT2D eigenvalue weighted by Crippen LogP contribution is 2.29. The van der Waals surface area contributed by atoms with E-state index >= 15 is 0 Å². The SMILES string of the molecule is CCCc1cc(Oc2ccc(F)cc2)ccc1OCCc1cc2cc(CC)ccc2[nH]1. The molecule has 1 aromatic heterocycles. The summed E-state index contributed by atoms with van der Waals surface area (Å²) in [6.07, 6.45) is 3.77. The predicted octanol–water partition coefficient (Wildman–Crippen LogP) is 7.24. The summed E-state index contributed by atoms with van der Waals surface area (Å²) in [5.41, 5.74) is 4.81. The van der Waals surface area contributed by atoms with Gasteiger partial charge in [0.1, 0.15) is 23.1 Å². The van der Waals surface area contributed by atoms with Gasteiger partial charge in [0, 0.05) is 17.6 Å². The third kappa shape index (κ3) is 5.26. The molecule has 0 amide bonds. The molecule has 1 N–H and O–H groups in total. The maximum atomic E-state index is 13.1. The molecule has 0 aliphatic heterocycles. The van der Waals surface area contributed by atoms with Crippen molar-refractivity contribution < 1.29 is 13.9 Å². The topological polar surface area (TPSA) is 34.2 Å². The molecular weight excluding hydrogens is 389 g/mol. The molecule has 31 heavy (non-hydrogen) atoms. The number of halogens is 1. The smallest absolute Gasteiger partial charge is 0.127 e. The average molecular weight is 418 g/mol. The molecule has 0 saturated carbocycles. The van der Waals surface area contributed by atoms with E-state index in [1.54, 1.807) is 12.1 Å². The van der Waals surface area contributed by atoms with Crippen LogP contribution in [0.5, 0.6) is 17.2 Å². The molecule has 0 spiro atoms. The number of rotatable bonds is 9. The first kappa shape index (κ1) is 21.0. The fourth-order valence-electron chi connectivity index (χ4n) is 3.73. The molecule has 3 nitrogen and oxygen atoms in total. The van der Waals surface area contributed by atoms with Crippen LogP contribution in [-0.4, -0.2) is 11.6 Å². The van der Waals surface area contributed by atoms with Gasteiger partial charge in [0.15, 0.2) is 0 Å². The Hall–Kier alpha value is -3.27. The minimum Gasteiger partial charge on any atom is -0.493 e. The monoisotopic (exact) mass is 417 g/mol. The standard InChI is InChI=1S/C27H28FNO2/c1-3-5-20-18-25(31-24-9-7-22(28)8-10-24)11-13-27(20)30-15-14-23-17-21-16-19(4-2)6-12-26(21)29-23/h6-13,16-18,29H,3-5,14-15H2,1-2H3. The molecule has 0 aliphatic rings. The molecular formula is C27H28FNO2. The average Bonchev–Trinajstić information content (AvgIpc) is 3.19. The second-order valence-corrected chi connectivity index (χ2v) is 7.74. The molecule has 0 unspecified atom stereocenters. The van der Waals surface area contributed by atoms with Crippen molar-refractivity contribution >= 4 is 10.9 Å². The Morgan fingerprint density at radius 2 is 1.65 bits per heavy atom. The van der Waals surface area contributed by atoms with E-state index in [0.717, 1.165) is 42.7 Å². The number of ether oxygens (including phenoxy) is 2. The second-order valence-electron chi connectivity index (χ2n) is 7.74. The molecule has 4 aromatic rings. The van der Waals surface area contributed by atoms with Crippen LogP contribution in [0.15, 0.2) is 66.7 Å². The van der Waals surface area contributed by atoms with E-state index < -0.39 is 0 Å². The van der Waals surface area contributed by atoms with Crippen LogP contribution in [0.3, 0.4) is 0 Å². The van der Waals surface area contributed by atoms with Crippen molar-refractivity contribution in [1.82, 2.24) is 4.98 Å². The highest BCUT2D eigenvalue weighted by molar-refractivity contribution is 5.81. The number of aromatic nitrogens is 1. The van der Waals surface area contributed by atoms with E-state index in [0.29, 0.717) is 12.4 Å². The summed E-state index contributed by atoms with van der Waals surface area (Å²) in [6.45, 7) is 4.92. The summed E-state index contributed by atoms with van der Waals surface area (Å²) in [5, 5.41) is 1.25. The minimum atomic E-state index is -0.275. The maximum absolute atomic E-state index is 13.1. The number of nitrogens with one attached hydrogen (secondary N) is 1. The zero-order valence-electron chi connectivity index (χ0n) is 18.1. The van der Waals surface area contributed by atoms with Crippen molar-refractivity contribution in [2.24, 2.45) is 0 Å². The van der Waals surface area contributed by atoms with Crippen LogP contribution < -0.4 is 9.47 Å². The first-order chi connectivity index (χ1) is 15.1. The van der Waals surface area contributed by atoms with Gasteiger partial charge in [-0.2, -0.15) is 0 Å². The minimum absolute atomic E-state index is 0.275. The van der Waals surface area contributed by atoms with Gasteiger partial charge >= 0.3 is 0 Å². The van der Waals surface area contributed by atoms with Crippen LogP contribution in [0.4, 0.5) is 4.39 Å². The second kappa shape index (κ2) is 9.69. The maximum Gasteiger partial charge on any atom is 0.127 e. The summed E-state index contributed by atoms with van der Waals surface area (Å²) >= 11 is 0. The summed E-state index contributed by atoms with van der Waals surface area (Å²) < 4.78 is 25.1. The number of hydrogen-bond donors (Lipinski definition) is 1. The molecule has 0 fully saturated rings. The zero-order valence-corrected chi connectivity index (χ0v) is 18.1. The highest BCUT2D eigenvalue weighted by Gasteiger charge is 2.08. The lowest BCUT2D eigenvalue weighted by Gasteiger charge is -2.13. The summed E-state index contributed by atoms with van der Waals surface area (Å²) in [4.78, 5) is 3.49. The van der Waals surface area contributed by atoms with E-state index in [2.05, 4.69) is 43.1 Å². The quantitative estimate of drug-likeness (QED) is 0.311. The lowest BCUT2D eigenvalue weighted by Crippen LogP contribution is -2.04. The summed E-state index contributed by atoms with van der Waals surface area (Å²) in [7, 11) is 0. The van der Waals surface area contributed by atoms with Crippen LogP contribution in [0.2, 0.25) is 0 Å². The van der Waals surface area contributed by atoms with Crippen molar-refractivity contribution in [3.05, 3.63) is 89.4 Å². The fraction of sp³-hybridized carbons (Fsp3) is 0.259. The van der Waals surface area contributed by atoms with Gasteiger partial charge in [0.25, 0.3) is 0 Å². The molecule has 0 radical (unpaired) electrons. The predicted molar refractivity (Wildman–Crippen MR) is 124 cm³/mol. The van der Waals surface area contributed by atoms with Crippen molar-refractivity contribution in [2.45, 2.75) is 39.5 Å². The molecule has 0 aliphatic carbocycles. The highest BCUT2D eigenvalue weighted by atomic mass is 19.1. The van der Waals surface area contributed by atoms with Crippen molar-refractivity contribution in [3.63, 3.8) is 0 Å². The first-order valence-electron chi connectivity index (χ1n) is 10.9. The van der Waals surface area contributed by atoms with Gasteiger partial charge in [-0.3, -0.25) is 0 Å². The number of aryl methyl sites for hydroxylation is 2. The largest absolute Gasteiger partial charge is 0.493 e. The number of benzene rings is 3. The Kier molecular flexibility index (Phi) is 6.56. The molecule has 1 heterocycles. The Balaban J connectivity index is 1.42. The van der Waals surface area contributed by atoms with Crippen LogP contribution in [0.1, 0.15) is 37.1 Å². The molecule has 0 atom stereocenters. The Morgan fingerprint density at radius 1 is 0.839 bits per heavy atom. The van der Waals surface area contributed by atoms with Gasteiger partial charge in [0.05, 0.1) is 6.61 Å². The molecule has 0 bridgehead atoms.